The zero-order valence-corrected chi connectivity index (χ0v) is 5.65. The Morgan fingerprint density at radius 3 is 2.62 bits per heavy atom. The van der Waals surface area contributed by atoms with Gasteiger partial charge in [-0.2, -0.15) is 0 Å². The van der Waals surface area contributed by atoms with Crippen LogP contribution in [-0.4, -0.2) is 11.7 Å². The molecule has 0 unspecified atom stereocenters. The zero-order valence-electron chi connectivity index (χ0n) is 5.65. The molecule has 1 N–H and O–H groups in total. The molecule has 0 fully saturated rings. The van der Waals surface area contributed by atoms with E-state index in [0.717, 1.165) is 12.8 Å². The number of hydrogen-bond donors (Lipinski definition) is 1. The molecule has 0 saturated heterocycles. The second kappa shape index (κ2) is 4.85. The SMILES string of the molecule is CC=C(C)CCCO. The van der Waals surface area contributed by atoms with Gasteiger partial charge in [-0.15, -0.1) is 0 Å². The van der Waals surface area contributed by atoms with Crippen molar-refractivity contribution in [2.75, 3.05) is 6.61 Å². The molecule has 0 radical (unpaired) electrons. The minimum Gasteiger partial charge on any atom is -0.396 e. The van der Waals surface area contributed by atoms with Gasteiger partial charge in [-0.3, -0.25) is 0 Å². The van der Waals surface area contributed by atoms with Crippen molar-refractivity contribution in [2.24, 2.45) is 0 Å². The number of aliphatic hydroxyl groups excluding tert-OH is 1. The van der Waals surface area contributed by atoms with Crippen LogP contribution >= 0.6 is 0 Å². The lowest BCUT2D eigenvalue weighted by Crippen LogP contribution is -1.82. The topological polar surface area (TPSA) is 20.2 Å². The van der Waals surface area contributed by atoms with Crippen molar-refractivity contribution in [3.05, 3.63) is 11.6 Å². The average molecular weight is 114 g/mol. The summed E-state index contributed by atoms with van der Waals surface area (Å²) < 4.78 is 0. The summed E-state index contributed by atoms with van der Waals surface area (Å²) in [6.45, 7) is 4.41. The van der Waals surface area contributed by atoms with Crippen LogP contribution in [0.5, 0.6) is 0 Å². The summed E-state index contributed by atoms with van der Waals surface area (Å²) in [5.41, 5.74) is 1.36. The van der Waals surface area contributed by atoms with Crippen molar-refractivity contribution in [1.82, 2.24) is 0 Å². The van der Waals surface area contributed by atoms with Gasteiger partial charge in [-0.05, 0) is 26.7 Å². The first-order valence-electron chi connectivity index (χ1n) is 3.04. The summed E-state index contributed by atoms with van der Waals surface area (Å²) in [6, 6.07) is 0. The fourth-order valence-corrected chi connectivity index (χ4v) is 0.502. The molecular weight excluding hydrogens is 100 g/mol. The summed E-state index contributed by atoms with van der Waals surface area (Å²) in [6.07, 6.45) is 4.01. The molecule has 0 atom stereocenters. The van der Waals surface area contributed by atoms with Crippen LogP contribution < -0.4 is 0 Å². The molecule has 8 heavy (non-hydrogen) atoms. The Morgan fingerprint density at radius 1 is 1.62 bits per heavy atom. The highest BCUT2D eigenvalue weighted by Crippen LogP contribution is 2.00. The Kier molecular flexibility index (Phi) is 4.67. The molecule has 1 nitrogen and oxygen atoms in total. The molecule has 0 aliphatic carbocycles. The Morgan fingerprint density at radius 2 is 2.25 bits per heavy atom. The maximum absolute atomic E-state index is 8.38. The average Bonchev–Trinajstić information content (AvgIpc) is 1.83. The van der Waals surface area contributed by atoms with Crippen LogP contribution in [0.1, 0.15) is 26.7 Å². The van der Waals surface area contributed by atoms with Crippen molar-refractivity contribution >= 4 is 0 Å². The first-order chi connectivity index (χ1) is 3.81. The molecule has 0 saturated carbocycles. The highest BCUT2D eigenvalue weighted by atomic mass is 16.2. The Labute approximate surface area is 51.0 Å². The smallest absolute Gasteiger partial charge is 0.0434 e. The number of hydrogen-bond acceptors (Lipinski definition) is 1. The molecule has 0 rings (SSSR count). The molecule has 0 bridgehead atoms. The minimum atomic E-state index is 0.311. The fourth-order valence-electron chi connectivity index (χ4n) is 0.502. The van der Waals surface area contributed by atoms with Gasteiger partial charge in [0.05, 0.1) is 0 Å². The van der Waals surface area contributed by atoms with Crippen molar-refractivity contribution < 1.29 is 5.11 Å². The lowest BCUT2D eigenvalue weighted by molar-refractivity contribution is 0.288. The van der Waals surface area contributed by atoms with E-state index >= 15 is 0 Å². The largest absolute Gasteiger partial charge is 0.396 e. The van der Waals surface area contributed by atoms with Gasteiger partial charge in [0.2, 0.25) is 0 Å². The van der Waals surface area contributed by atoms with Gasteiger partial charge in [0.1, 0.15) is 0 Å². The maximum atomic E-state index is 8.38. The molecular formula is C7H14O. The third-order valence-corrected chi connectivity index (χ3v) is 1.22. The second-order valence-electron chi connectivity index (χ2n) is 1.96. The molecule has 0 aliphatic rings. The third kappa shape index (κ3) is 3.88. The van der Waals surface area contributed by atoms with E-state index in [1.54, 1.807) is 0 Å². The van der Waals surface area contributed by atoms with E-state index in [0.29, 0.717) is 6.61 Å². The first-order valence-corrected chi connectivity index (χ1v) is 3.04. The molecule has 48 valence electrons. The fraction of sp³-hybridized carbons (Fsp3) is 0.714. The number of aliphatic hydroxyl groups is 1. The van der Waals surface area contributed by atoms with Crippen LogP contribution in [0.2, 0.25) is 0 Å². The van der Waals surface area contributed by atoms with E-state index < -0.39 is 0 Å². The predicted molar refractivity (Wildman–Crippen MR) is 35.8 cm³/mol. The van der Waals surface area contributed by atoms with Crippen LogP contribution in [0.4, 0.5) is 0 Å². The van der Waals surface area contributed by atoms with E-state index in [1.165, 1.54) is 5.57 Å². The van der Waals surface area contributed by atoms with Crippen LogP contribution in [0.25, 0.3) is 0 Å². The molecule has 0 aromatic rings. The van der Waals surface area contributed by atoms with E-state index in [1.807, 2.05) is 6.92 Å². The van der Waals surface area contributed by atoms with Crippen molar-refractivity contribution in [1.29, 1.82) is 0 Å². The highest BCUT2D eigenvalue weighted by Gasteiger charge is 1.84. The van der Waals surface area contributed by atoms with E-state index in [2.05, 4.69) is 13.0 Å². The Bertz CT molecular complexity index is 74.5. The van der Waals surface area contributed by atoms with Gasteiger partial charge in [0.25, 0.3) is 0 Å². The Hall–Kier alpha value is -0.300. The minimum absolute atomic E-state index is 0.311. The quantitative estimate of drug-likeness (QED) is 0.554. The Balaban J connectivity index is 3.12. The normalized spacial score (nSPS) is 12.1. The van der Waals surface area contributed by atoms with Crippen molar-refractivity contribution in [3.63, 3.8) is 0 Å². The number of allylic oxidation sites excluding steroid dienone is 2. The van der Waals surface area contributed by atoms with Gasteiger partial charge >= 0.3 is 0 Å². The molecule has 0 aromatic heterocycles. The van der Waals surface area contributed by atoms with E-state index in [9.17, 15) is 0 Å². The zero-order chi connectivity index (χ0) is 6.41. The van der Waals surface area contributed by atoms with Crippen molar-refractivity contribution in [3.8, 4) is 0 Å². The lowest BCUT2D eigenvalue weighted by Gasteiger charge is -1.94. The predicted octanol–water partition coefficient (Wildman–Crippen LogP) is 1.73. The summed E-state index contributed by atoms with van der Waals surface area (Å²) in [5, 5.41) is 8.38. The molecule has 1 heteroatoms. The van der Waals surface area contributed by atoms with Crippen LogP contribution in [0, 0.1) is 0 Å². The second-order valence-corrected chi connectivity index (χ2v) is 1.96. The maximum Gasteiger partial charge on any atom is 0.0434 e. The lowest BCUT2D eigenvalue weighted by atomic mass is 10.2. The van der Waals surface area contributed by atoms with Gasteiger partial charge in [0, 0.05) is 6.61 Å². The van der Waals surface area contributed by atoms with Crippen LogP contribution in [0.15, 0.2) is 11.6 Å². The van der Waals surface area contributed by atoms with Gasteiger partial charge in [-0.25, -0.2) is 0 Å². The molecule has 0 spiro atoms. The standard InChI is InChI=1S/C7H14O/c1-3-7(2)5-4-6-8/h3,8H,4-6H2,1-2H3. The molecule has 0 aliphatic heterocycles. The monoisotopic (exact) mass is 114 g/mol. The van der Waals surface area contributed by atoms with Crippen LogP contribution in [-0.2, 0) is 0 Å². The molecule has 0 amide bonds. The first kappa shape index (κ1) is 7.70. The summed E-state index contributed by atoms with van der Waals surface area (Å²) >= 11 is 0. The third-order valence-electron chi connectivity index (χ3n) is 1.22. The van der Waals surface area contributed by atoms with Gasteiger partial charge in [-0.1, -0.05) is 11.6 Å². The summed E-state index contributed by atoms with van der Waals surface area (Å²) in [7, 11) is 0. The summed E-state index contributed by atoms with van der Waals surface area (Å²) in [5.74, 6) is 0. The number of rotatable bonds is 3. The molecule has 0 aromatic carbocycles. The van der Waals surface area contributed by atoms with Crippen LogP contribution in [0.3, 0.4) is 0 Å². The molecule has 0 heterocycles. The van der Waals surface area contributed by atoms with Gasteiger partial charge in [0.15, 0.2) is 0 Å². The van der Waals surface area contributed by atoms with E-state index in [4.69, 9.17) is 5.11 Å². The summed E-state index contributed by atoms with van der Waals surface area (Å²) in [4.78, 5) is 0. The van der Waals surface area contributed by atoms with E-state index in [-0.39, 0.29) is 0 Å². The van der Waals surface area contributed by atoms with Gasteiger partial charge < -0.3 is 5.11 Å². The van der Waals surface area contributed by atoms with Crippen molar-refractivity contribution in [2.45, 2.75) is 26.7 Å². The highest BCUT2D eigenvalue weighted by molar-refractivity contribution is 4.94.